The molecule has 13 rings (SSSR count). The van der Waals surface area contributed by atoms with Crippen LogP contribution in [0, 0.1) is 32.1 Å². The zero-order valence-corrected chi connectivity index (χ0v) is 35.7. The lowest BCUT2D eigenvalue weighted by molar-refractivity contribution is 0.436. The highest BCUT2D eigenvalue weighted by molar-refractivity contribution is 7.00. The zero-order valence-electron chi connectivity index (χ0n) is 35.7. The third-order valence-electron chi connectivity index (χ3n) is 14.0. The van der Waals surface area contributed by atoms with Crippen LogP contribution in [0.25, 0.3) is 22.3 Å². The second-order valence-electron chi connectivity index (χ2n) is 17.8. The third-order valence-corrected chi connectivity index (χ3v) is 14.0. The van der Waals surface area contributed by atoms with Crippen LogP contribution in [0.15, 0.2) is 188 Å². The van der Waals surface area contributed by atoms with Crippen LogP contribution >= 0.6 is 0 Å². The highest BCUT2D eigenvalue weighted by atomic mass is 16.5. The molecule has 0 saturated carbocycles. The smallest absolute Gasteiger partial charge is 0.252 e. The summed E-state index contributed by atoms with van der Waals surface area (Å²) >= 11 is 0. The summed E-state index contributed by atoms with van der Waals surface area (Å²) in [4.78, 5) is 5.07. The van der Waals surface area contributed by atoms with Gasteiger partial charge in [0, 0.05) is 45.1 Å². The first-order valence-corrected chi connectivity index (χ1v) is 22.1. The number of rotatable bonds is 3. The monoisotopic (exact) mass is 817 g/mol. The van der Waals surface area contributed by atoms with Gasteiger partial charge in [0.2, 0.25) is 0 Å². The van der Waals surface area contributed by atoms with Gasteiger partial charge in [-0.3, -0.25) is 0 Å². The number of aryl methyl sites for hydroxylation is 3. The first-order valence-electron chi connectivity index (χ1n) is 22.1. The Morgan fingerprint density at radius 2 is 1.14 bits per heavy atom. The topological polar surface area (TPSA) is 39.5 Å². The van der Waals surface area contributed by atoms with Crippen molar-refractivity contribution in [2.75, 3.05) is 9.80 Å². The Labute approximate surface area is 374 Å². The molecule has 5 heteroatoms. The van der Waals surface area contributed by atoms with E-state index < -0.39 is 5.41 Å². The zero-order chi connectivity index (χ0) is 42.8. The molecule has 0 aromatic heterocycles. The molecule has 1 atom stereocenters. The number of nitrogens with zero attached hydrogens (tertiary/aromatic N) is 3. The van der Waals surface area contributed by atoms with Crippen LogP contribution in [0.5, 0.6) is 11.5 Å². The molecule has 300 valence electrons. The summed E-state index contributed by atoms with van der Waals surface area (Å²) in [5.41, 5.74) is 23.6. The fourth-order valence-corrected chi connectivity index (χ4v) is 11.5. The SMILES string of the molecule is Cc1cccc(N2c3cc(C)ccc3B3c4cc5c(cc4N(c4ccccc4-c4ccccc4)c4cc(C)cc2c43)[C@]2(c3ccccc3Oc3cc(C#N)ccc32)c2ccccc2-5)c1. The van der Waals surface area contributed by atoms with Crippen molar-refractivity contribution in [2.24, 2.45) is 0 Å². The normalized spacial score (nSPS) is 15.5. The van der Waals surface area contributed by atoms with E-state index in [1.807, 2.05) is 18.2 Å². The summed E-state index contributed by atoms with van der Waals surface area (Å²) in [6.07, 6.45) is 0. The Bertz CT molecular complexity index is 3510. The van der Waals surface area contributed by atoms with E-state index in [4.69, 9.17) is 4.74 Å². The Kier molecular flexibility index (Phi) is 7.70. The van der Waals surface area contributed by atoms with Crippen LogP contribution in [0.3, 0.4) is 0 Å². The first kappa shape index (κ1) is 36.6. The predicted octanol–water partition coefficient (Wildman–Crippen LogP) is 12.7. The molecular weight excluding hydrogens is 777 g/mol. The van der Waals surface area contributed by atoms with E-state index in [1.165, 1.54) is 72.4 Å². The molecule has 1 spiro atoms. The van der Waals surface area contributed by atoms with E-state index in [2.05, 4.69) is 206 Å². The quantitative estimate of drug-likeness (QED) is 0.167. The lowest BCUT2D eigenvalue weighted by Crippen LogP contribution is -2.61. The number of para-hydroxylation sites is 2. The number of ether oxygens (including phenoxy) is 1. The van der Waals surface area contributed by atoms with Gasteiger partial charge in [0.1, 0.15) is 11.5 Å². The Balaban J connectivity index is 1.19. The fourth-order valence-electron chi connectivity index (χ4n) is 11.5. The Hall–Kier alpha value is -8.07. The maximum absolute atomic E-state index is 10.1. The van der Waals surface area contributed by atoms with Crippen LogP contribution in [-0.4, -0.2) is 6.71 Å². The largest absolute Gasteiger partial charge is 0.457 e. The number of fused-ring (bicyclic) bond motifs is 13. The maximum atomic E-state index is 10.1. The summed E-state index contributed by atoms with van der Waals surface area (Å²) in [5.74, 6) is 1.51. The molecular formula is C59H40BN3O. The van der Waals surface area contributed by atoms with Crippen LogP contribution in [0.1, 0.15) is 44.5 Å². The van der Waals surface area contributed by atoms with Crippen molar-refractivity contribution in [3.05, 3.63) is 233 Å². The van der Waals surface area contributed by atoms with E-state index in [0.717, 1.165) is 45.1 Å². The number of anilines is 6. The summed E-state index contributed by atoms with van der Waals surface area (Å²) in [6, 6.07) is 71.2. The molecule has 64 heavy (non-hydrogen) atoms. The molecule has 0 saturated heterocycles. The second kappa shape index (κ2) is 13.5. The van der Waals surface area contributed by atoms with Gasteiger partial charge in [-0.05, 0) is 142 Å². The van der Waals surface area contributed by atoms with Crippen molar-refractivity contribution in [3.63, 3.8) is 0 Å². The minimum atomic E-state index is -0.717. The van der Waals surface area contributed by atoms with Gasteiger partial charge < -0.3 is 14.5 Å². The predicted molar refractivity (Wildman–Crippen MR) is 262 cm³/mol. The Morgan fingerprint density at radius 1 is 0.453 bits per heavy atom. The molecule has 0 radical (unpaired) electrons. The maximum Gasteiger partial charge on any atom is 0.252 e. The lowest BCUT2D eigenvalue weighted by atomic mass is 9.33. The van der Waals surface area contributed by atoms with Crippen LogP contribution in [0.4, 0.5) is 34.1 Å². The fraction of sp³-hybridized carbons (Fsp3) is 0.0678. The van der Waals surface area contributed by atoms with Gasteiger partial charge in [-0.1, -0.05) is 127 Å². The molecule has 9 aromatic rings. The number of hydrogen-bond donors (Lipinski definition) is 0. The Morgan fingerprint density at radius 3 is 1.97 bits per heavy atom. The van der Waals surface area contributed by atoms with Gasteiger partial charge >= 0.3 is 0 Å². The van der Waals surface area contributed by atoms with E-state index in [-0.39, 0.29) is 6.71 Å². The molecule has 3 aliphatic heterocycles. The number of hydrogen-bond acceptors (Lipinski definition) is 4. The number of benzene rings is 9. The molecule has 3 heterocycles. The second-order valence-corrected chi connectivity index (χ2v) is 17.8. The molecule has 4 aliphatic rings. The number of nitriles is 1. The highest BCUT2D eigenvalue weighted by Crippen LogP contribution is 2.63. The molecule has 0 N–H and O–H groups in total. The van der Waals surface area contributed by atoms with E-state index in [9.17, 15) is 5.26 Å². The molecule has 0 unspecified atom stereocenters. The van der Waals surface area contributed by atoms with Crippen molar-refractivity contribution < 1.29 is 4.74 Å². The van der Waals surface area contributed by atoms with Crippen molar-refractivity contribution in [2.45, 2.75) is 26.2 Å². The van der Waals surface area contributed by atoms with Crippen LogP contribution in [-0.2, 0) is 5.41 Å². The van der Waals surface area contributed by atoms with Gasteiger partial charge in [0.05, 0.1) is 22.7 Å². The minimum Gasteiger partial charge on any atom is -0.457 e. The van der Waals surface area contributed by atoms with Gasteiger partial charge in [-0.15, -0.1) is 0 Å². The summed E-state index contributed by atoms with van der Waals surface area (Å²) < 4.78 is 6.76. The van der Waals surface area contributed by atoms with E-state index in [1.54, 1.807) is 0 Å². The molecule has 0 bridgehead atoms. The molecule has 1 aliphatic carbocycles. The van der Waals surface area contributed by atoms with Gasteiger partial charge in [-0.25, -0.2) is 0 Å². The van der Waals surface area contributed by atoms with E-state index in [0.29, 0.717) is 11.3 Å². The summed E-state index contributed by atoms with van der Waals surface area (Å²) in [7, 11) is 0. The summed E-state index contributed by atoms with van der Waals surface area (Å²) in [6.45, 7) is 6.57. The average Bonchev–Trinajstić information content (AvgIpc) is 3.60. The van der Waals surface area contributed by atoms with Crippen molar-refractivity contribution in [1.82, 2.24) is 0 Å². The average molecular weight is 818 g/mol. The van der Waals surface area contributed by atoms with Crippen molar-refractivity contribution >= 4 is 57.2 Å². The van der Waals surface area contributed by atoms with Gasteiger partial charge in [0.25, 0.3) is 6.71 Å². The third kappa shape index (κ3) is 4.94. The molecule has 4 nitrogen and oxygen atoms in total. The first-order chi connectivity index (χ1) is 31.4. The summed E-state index contributed by atoms with van der Waals surface area (Å²) in [5, 5.41) is 10.1. The molecule has 0 amide bonds. The van der Waals surface area contributed by atoms with Crippen LogP contribution in [0.2, 0.25) is 0 Å². The molecule has 9 aromatic carbocycles. The molecule has 0 fully saturated rings. The van der Waals surface area contributed by atoms with Crippen LogP contribution < -0.4 is 30.9 Å². The van der Waals surface area contributed by atoms with Gasteiger partial charge in [-0.2, -0.15) is 5.26 Å². The standard InChI is InChI=1S/C59H40BN3O/c1-36-14-13-17-41(28-36)62-52-29-37(2)24-27-49(52)60-50-33-44-43-19-7-9-20-45(43)59(46-21-10-12-23-56(46)64-57-32-39(35-61)25-26-47(57)59)48(44)34-53(50)63(55-31-38(3)30-54(62)58(55)60)51-22-11-8-18-42(51)40-15-5-4-6-16-40/h4-34H,1-3H3/t59-/m0/s1. The van der Waals surface area contributed by atoms with Crippen molar-refractivity contribution in [3.8, 4) is 39.8 Å². The van der Waals surface area contributed by atoms with Crippen molar-refractivity contribution in [1.29, 1.82) is 5.26 Å². The lowest BCUT2D eigenvalue weighted by Gasteiger charge is -2.45. The van der Waals surface area contributed by atoms with E-state index >= 15 is 0 Å². The highest BCUT2D eigenvalue weighted by Gasteiger charge is 2.53. The van der Waals surface area contributed by atoms with Gasteiger partial charge in [0.15, 0.2) is 0 Å². The minimum absolute atomic E-state index is 0.0566.